The Bertz CT molecular complexity index is 706. The molecule has 74 valence electrons. The second-order valence-electron chi connectivity index (χ2n) is 3.63. The number of aryl methyl sites for hydroxylation is 1. The second kappa shape index (κ2) is 2.73. The molecule has 0 aliphatic carbocycles. The van der Waals surface area contributed by atoms with Crippen molar-refractivity contribution in [3.05, 3.63) is 46.4 Å². The lowest BCUT2D eigenvalue weighted by atomic mass is 10.1. The molecule has 3 aromatic rings. The lowest BCUT2D eigenvalue weighted by Gasteiger charge is -2.00. The van der Waals surface area contributed by atoms with Crippen LogP contribution in [0, 0.1) is 6.92 Å². The third-order valence-electron chi connectivity index (χ3n) is 2.64. The molecular weight excluding hydrogens is 190 g/mol. The van der Waals surface area contributed by atoms with E-state index in [1.165, 1.54) is 6.07 Å². The number of aromatic amines is 1. The van der Waals surface area contributed by atoms with E-state index < -0.39 is 0 Å². The monoisotopic (exact) mass is 199 g/mol. The smallest absolute Gasteiger partial charge is 0.336 e. The van der Waals surface area contributed by atoms with E-state index in [1.807, 2.05) is 31.3 Å². The fraction of sp³-hybridized carbons (Fsp3) is 0.0833. The minimum atomic E-state index is -0.304. The highest BCUT2D eigenvalue weighted by atomic mass is 16.4. The van der Waals surface area contributed by atoms with Gasteiger partial charge in [-0.2, -0.15) is 0 Å². The summed E-state index contributed by atoms with van der Waals surface area (Å²) in [4.78, 5) is 14.4. The molecular formula is C12H9NO2. The quantitative estimate of drug-likeness (QED) is 0.565. The molecule has 0 saturated carbocycles. The first-order chi connectivity index (χ1) is 7.25. The van der Waals surface area contributed by atoms with E-state index in [0.29, 0.717) is 5.58 Å². The Labute approximate surface area is 85.3 Å². The molecule has 0 aliphatic heterocycles. The van der Waals surface area contributed by atoms with Gasteiger partial charge >= 0.3 is 5.63 Å². The molecule has 1 N–H and O–H groups in total. The van der Waals surface area contributed by atoms with Gasteiger partial charge in [-0.3, -0.25) is 0 Å². The topological polar surface area (TPSA) is 46.0 Å². The molecule has 0 saturated heterocycles. The molecule has 3 heteroatoms. The van der Waals surface area contributed by atoms with Crippen molar-refractivity contribution in [2.75, 3.05) is 0 Å². The van der Waals surface area contributed by atoms with Crippen molar-refractivity contribution in [2.24, 2.45) is 0 Å². The number of hydrogen-bond acceptors (Lipinski definition) is 2. The summed E-state index contributed by atoms with van der Waals surface area (Å²) in [5.74, 6) is 0. The summed E-state index contributed by atoms with van der Waals surface area (Å²) in [6, 6.07) is 7.46. The van der Waals surface area contributed by atoms with Crippen molar-refractivity contribution < 1.29 is 4.42 Å². The van der Waals surface area contributed by atoms with Crippen LogP contribution in [0.15, 0.2) is 39.7 Å². The summed E-state index contributed by atoms with van der Waals surface area (Å²) in [5.41, 5.74) is 2.16. The molecule has 1 aromatic carbocycles. The number of hydrogen-bond donors (Lipinski definition) is 1. The SMILES string of the molecule is Cc1cc(=O)oc2c1ccc1cc[nH]c12. The van der Waals surface area contributed by atoms with Crippen LogP contribution in [0.2, 0.25) is 0 Å². The summed E-state index contributed by atoms with van der Waals surface area (Å²) in [6.07, 6.45) is 1.84. The highest BCUT2D eigenvalue weighted by Gasteiger charge is 2.06. The van der Waals surface area contributed by atoms with E-state index >= 15 is 0 Å². The fourth-order valence-corrected chi connectivity index (χ4v) is 1.90. The van der Waals surface area contributed by atoms with Gasteiger partial charge in [-0.1, -0.05) is 12.1 Å². The number of H-pyrrole nitrogens is 1. The van der Waals surface area contributed by atoms with Crippen LogP contribution in [0.5, 0.6) is 0 Å². The first-order valence-corrected chi connectivity index (χ1v) is 4.76. The molecule has 0 spiro atoms. The standard InChI is InChI=1S/C12H9NO2/c1-7-6-10(14)15-12-9(7)3-2-8-4-5-13-11(8)12/h2-6,13H,1H3. The Kier molecular flexibility index (Phi) is 1.51. The summed E-state index contributed by atoms with van der Waals surface area (Å²) >= 11 is 0. The molecule has 2 aromatic heterocycles. The summed E-state index contributed by atoms with van der Waals surface area (Å²) in [7, 11) is 0. The van der Waals surface area contributed by atoms with Crippen molar-refractivity contribution in [3.63, 3.8) is 0 Å². The van der Waals surface area contributed by atoms with Crippen molar-refractivity contribution in [1.82, 2.24) is 4.98 Å². The molecule has 0 amide bonds. The van der Waals surface area contributed by atoms with Gasteiger partial charge in [-0.25, -0.2) is 4.79 Å². The van der Waals surface area contributed by atoms with Crippen LogP contribution in [-0.2, 0) is 0 Å². The second-order valence-corrected chi connectivity index (χ2v) is 3.63. The first kappa shape index (κ1) is 8.29. The van der Waals surface area contributed by atoms with E-state index in [0.717, 1.165) is 21.9 Å². The van der Waals surface area contributed by atoms with Crippen LogP contribution < -0.4 is 5.63 Å². The normalized spacial score (nSPS) is 11.3. The zero-order valence-corrected chi connectivity index (χ0v) is 8.20. The van der Waals surface area contributed by atoms with Crippen LogP contribution in [-0.4, -0.2) is 4.98 Å². The van der Waals surface area contributed by atoms with Gasteiger partial charge in [0.15, 0.2) is 5.58 Å². The summed E-state index contributed by atoms with van der Waals surface area (Å²) < 4.78 is 5.23. The molecule has 0 aliphatic rings. The van der Waals surface area contributed by atoms with Crippen LogP contribution in [0.1, 0.15) is 5.56 Å². The average molecular weight is 199 g/mol. The highest BCUT2D eigenvalue weighted by Crippen LogP contribution is 2.24. The van der Waals surface area contributed by atoms with Crippen molar-refractivity contribution >= 4 is 21.9 Å². The van der Waals surface area contributed by atoms with Gasteiger partial charge in [-0.05, 0) is 18.6 Å². The minimum absolute atomic E-state index is 0.304. The predicted molar refractivity (Wildman–Crippen MR) is 59.1 cm³/mol. The van der Waals surface area contributed by atoms with E-state index in [4.69, 9.17) is 4.42 Å². The van der Waals surface area contributed by atoms with Crippen LogP contribution >= 0.6 is 0 Å². The number of rotatable bonds is 0. The molecule has 2 heterocycles. The van der Waals surface area contributed by atoms with E-state index in [2.05, 4.69) is 4.98 Å². The van der Waals surface area contributed by atoms with Gasteiger partial charge in [0.2, 0.25) is 0 Å². The van der Waals surface area contributed by atoms with Crippen molar-refractivity contribution in [2.45, 2.75) is 6.92 Å². The van der Waals surface area contributed by atoms with Gasteiger partial charge in [0.05, 0.1) is 5.52 Å². The first-order valence-electron chi connectivity index (χ1n) is 4.76. The molecule has 0 bridgehead atoms. The van der Waals surface area contributed by atoms with E-state index in [-0.39, 0.29) is 5.63 Å². The Balaban J connectivity index is 2.67. The Morgan fingerprint density at radius 1 is 1.27 bits per heavy atom. The lowest BCUT2D eigenvalue weighted by molar-refractivity contribution is 0.562. The Hall–Kier alpha value is -2.03. The third kappa shape index (κ3) is 1.09. The van der Waals surface area contributed by atoms with Crippen molar-refractivity contribution in [3.8, 4) is 0 Å². The molecule has 15 heavy (non-hydrogen) atoms. The average Bonchev–Trinajstić information content (AvgIpc) is 2.65. The maximum atomic E-state index is 11.3. The van der Waals surface area contributed by atoms with Gasteiger partial charge in [0.25, 0.3) is 0 Å². The van der Waals surface area contributed by atoms with Crippen LogP contribution in [0.25, 0.3) is 21.9 Å². The zero-order chi connectivity index (χ0) is 10.4. The lowest BCUT2D eigenvalue weighted by Crippen LogP contribution is -1.97. The largest absolute Gasteiger partial charge is 0.420 e. The summed E-state index contributed by atoms with van der Waals surface area (Å²) in [5, 5.41) is 2.03. The number of nitrogens with one attached hydrogen (secondary N) is 1. The number of benzene rings is 1. The summed E-state index contributed by atoms with van der Waals surface area (Å²) in [6.45, 7) is 1.91. The Morgan fingerprint density at radius 3 is 3.00 bits per heavy atom. The maximum absolute atomic E-state index is 11.3. The van der Waals surface area contributed by atoms with Crippen molar-refractivity contribution in [1.29, 1.82) is 0 Å². The van der Waals surface area contributed by atoms with E-state index in [1.54, 1.807) is 0 Å². The molecule has 3 nitrogen and oxygen atoms in total. The van der Waals surface area contributed by atoms with Gasteiger partial charge < -0.3 is 9.40 Å². The molecule has 0 atom stereocenters. The Morgan fingerprint density at radius 2 is 2.13 bits per heavy atom. The predicted octanol–water partition coefficient (Wildman–Crippen LogP) is 2.58. The van der Waals surface area contributed by atoms with Gasteiger partial charge in [-0.15, -0.1) is 0 Å². The van der Waals surface area contributed by atoms with Gasteiger partial charge in [0.1, 0.15) is 0 Å². The molecule has 0 radical (unpaired) electrons. The number of aromatic nitrogens is 1. The molecule has 0 fully saturated rings. The minimum Gasteiger partial charge on any atom is -0.420 e. The fourth-order valence-electron chi connectivity index (χ4n) is 1.90. The zero-order valence-electron chi connectivity index (χ0n) is 8.20. The van der Waals surface area contributed by atoms with Crippen LogP contribution in [0.3, 0.4) is 0 Å². The van der Waals surface area contributed by atoms with E-state index in [9.17, 15) is 4.79 Å². The molecule has 3 rings (SSSR count). The third-order valence-corrected chi connectivity index (χ3v) is 2.64. The maximum Gasteiger partial charge on any atom is 0.336 e. The number of fused-ring (bicyclic) bond motifs is 3. The molecule has 0 unspecified atom stereocenters. The highest BCUT2D eigenvalue weighted by molar-refractivity contribution is 6.02. The van der Waals surface area contributed by atoms with Gasteiger partial charge in [0, 0.05) is 23.0 Å². The van der Waals surface area contributed by atoms with Crippen LogP contribution in [0.4, 0.5) is 0 Å².